The highest BCUT2D eigenvalue weighted by atomic mass is 35.5. The molecule has 0 bridgehead atoms. The number of unbranched alkanes of at least 4 members (excludes halogenated alkanes) is 3. The number of ether oxygens (including phenoxy) is 2. The lowest BCUT2D eigenvalue weighted by atomic mass is 9.76. The summed E-state index contributed by atoms with van der Waals surface area (Å²) in [4.78, 5) is 0. The van der Waals surface area contributed by atoms with Crippen LogP contribution < -0.4 is 10.2 Å². The molecular formula is C24H30BClO4. The minimum atomic E-state index is -0.347. The standard InChI is InChI=1S/C24H30BClO4/c1-2-3-4-5-16-27-21-12-8-19(9-13-21)25-28-17-24-23(30-25)15-14-22(29-24)18-6-10-20(26)11-7-18/h6-13,22-24H,2-5,14-17H2,1H3/t22-,23+,24-/m1/s1. The van der Waals surface area contributed by atoms with Gasteiger partial charge in [0.05, 0.1) is 25.4 Å². The number of hydrogen-bond donors (Lipinski definition) is 0. The predicted molar refractivity (Wildman–Crippen MR) is 121 cm³/mol. The van der Waals surface area contributed by atoms with E-state index in [1.54, 1.807) is 0 Å². The summed E-state index contributed by atoms with van der Waals surface area (Å²) in [6.45, 7) is 3.52. The lowest BCUT2D eigenvalue weighted by Crippen LogP contribution is -2.54. The number of hydrogen-bond acceptors (Lipinski definition) is 4. The van der Waals surface area contributed by atoms with Gasteiger partial charge in [-0.15, -0.1) is 0 Å². The maximum absolute atomic E-state index is 6.28. The van der Waals surface area contributed by atoms with Gasteiger partial charge in [-0.2, -0.15) is 0 Å². The third kappa shape index (κ3) is 5.58. The molecule has 0 aromatic heterocycles. The maximum atomic E-state index is 6.28. The molecule has 2 saturated heterocycles. The molecule has 0 spiro atoms. The number of benzene rings is 2. The zero-order valence-corrected chi connectivity index (χ0v) is 18.4. The van der Waals surface area contributed by atoms with E-state index in [-0.39, 0.29) is 25.4 Å². The van der Waals surface area contributed by atoms with E-state index in [1.807, 2.05) is 48.5 Å². The average Bonchev–Trinajstić information content (AvgIpc) is 2.79. The molecule has 160 valence electrons. The first-order chi connectivity index (χ1) is 14.7. The summed E-state index contributed by atoms with van der Waals surface area (Å²) in [5.41, 5.74) is 2.18. The molecule has 6 heteroatoms. The van der Waals surface area contributed by atoms with Gasteiger partial charge in [-0.25, -0.2) is 0 Å². The number of rotatable bonds is 8. The Bertz CT molecular complexity index is 783. The smallest absolute Gasteiger partial charge is 0.494 e. The molecule has 0 N–H and O–H groups in total. The van der Waals surface area contributed by atoms with Crippen LogP contribution >= 0.6 is 11.6 Å². The summed E-state index contributed by atoms with van der Waals surface area (Å²) in [6.07, 6.45) is 6.81. The van der Waals surface area contributed by atoms with Crippen molar-refractivity contribution in [3.63, 3.8) is 0 Å². The van der Waals surface area contributed by atoms with Crippen LogP contribution in [-0.2, 0) is 14.0 Å². The highest BCUT2D eigenvalue weighted by Crippen LogP contribution is 2.35. The number of halogens is 1. The minimum absolute atomic E-state index is 0.0404. The molecule has 0 amide bonds. The third-order valence-electron chi connectivity index (χ3n) is 5.84. The fourth-order valence-corrected chi connectivity index (χ4v) is 4.21. The lowest BCUT2D eigenvalue weighted by molar-refractivity contribution is -0.150. The van der Waals surface area contributed by atoms with Crippen molar-refractivity contribution in [1.29, 1.82) is 0 Å². The Labute approximate surface area is 185 Å². The topological polar surface area (TPSA) is 36.9 Å². The Morgan fingerprint density at radius 2 is 1.77 bits per heavy atom. The Balaban J connectivity index is 1.27. The first-order valence-electron chi connectivity index (χ1n) is 11.1. The third-order valence-corrected chi connectivity index (χ3v) is 6.09. The van der Waals surface area contributed by atoms with E-state index >= 15 is 0 Å². The van der Waals surface area contributed by atoms with Crippen molar-refractivity contribution in [3.8, 4) is 5.75 Å². The zero-order valence-electron chi connectivity index (χ0n) is 17.6. The SMILES string of the molecule is CCCCCCOc1ccc(B2OC[C@H]3O[C@@H](c4ccc(Cl)cc4)CC[C@@H]3O2)cc1. The molecule has 2 aliphatic rings. The second-order valence-electron chi connectivity index (χ2n) is 8.11. The van der Waals surface area contributed by atoms with Gasteiger partial charge in [-0.05, 0) is 54.6 Å². The maximum Gasteiger partial charge on any atom is 0.494 e. The van der Waals surface area contributed by atoms with E-state index < -0.39 is 0 Å². The van der Waals surface area contributed by atoms with Gasteiger partial charge in [0, 0.05) is 5.02 Å². The molecule has 4 nitrogen and oxygen atoms in total. The van der Waals surface area contributed by atoms with Gasteiger partial charge in [0.25, 0.3) is 0 Å². The van der Waals surface area contributed by atoms with Crippen molar-refractivity contribution in [2.75, 3.05) is 13.2 Å². The van der Waals surface area contributed by atoms with Gasteiger partial charge in [-0.1, -0.05) is 62.1 Å². The Morgan fingerprint density at radius 3 is 2.53 bits per heavy atom. The molecule has 0 saturated carbocycles. The molecule has 0 unspecified atom stereocenters. The van der Waals surface area contributed by atoms with Crippen molar-refractivity contribution in [2.45, 2.75) is 63.8 Å². The molecule has 3 atom stereocenters. The Hall–Kier alpha value is -1.53. The summed E-state index contributed by atoms with van der Waals surface area (Å²) in [5, 5.41) is 0.743. The van der Waals surface area contributed by atoms with Crippen LogP contribution in [-0.4, -0.2) is 32.5 Å². The van der Waals surface area contributed by atoms with Crippen molar-refractivity contribution in [1.82, 2.24) is 0 Å². The van der Waals surface area contributed by atoms with Gasteiger partial charge in [0.15, 0.2) is 0 Å². The first kappa shape index (κ1) is 21.7. The molecule has 0 aliphatic carbocycles. The summed E-state index contributed by atoms with van der Waals surface area (Å²) in [5.74, 6) is 0.899. The van der Waals surface area contributed by atoms with Crippen molar-refractivity contribution in [3.05, 3.63) is 59.1 Å². The van der Waals surface area contributed by atoms with Gasteiger partial charge in [-0.3, -0.25) is 0 Å². The van der Waals surface area contributed by atoms with Crippen LogP contribution in [0, 0.1) is 0 Å². The summed E-state index contributed by atoms with van der Waals surface area (Å²) < 4.78 is 24.3. The molecule has 0 radical (unpaired) electrons. The molecule has 4 rings (SSSR count). The monoisotopic (exact) mass is 428 g/mol. The highest BCUT2D eigenvalue weighted by Gasteiger charge is 2.41. The first-order valence-corrected chi connectivity index (χ1v) is 11.5. The van der Waals surface area contributed by atoms with Gasteiger partial charge in [0.2, 0.25) is 0 Å². The van der Waals surface area contributed by atoms with E-state index in [4.69, 9.17) is 30.4 Å². The Morgan fingerprint density at radius 1 is 0.967 bits per heavy atom. The van der Waals surface area contributed by atoms with Crippen molar-refractivity contribution >= 4 is 24.2 Å². The van der Waals surface area contributed by atoms with Crippen LogP contribution in [0.5, 0.6) is 5.75 Å². The molecule has 2 heterocycles. The van der Waals surface area contributed by atoms with Crippen molar-refractivity contribution in [2.24, 2.45) is 0 Å². The largest absolute Gasteiger partial charge is 0.494 e. The summed E-state index contributed by atoms with van der Waals surface area (Å²) in [6, 6.07) is 16.0. The Kier molecular flexibility index (Phi) is 7.72. The van der Waals surface area contributed by atoms with Crippen LogP contribution in [0.2, 0.25) is 5.02 Å². The molecule has 2 aromatic carbocycles. The van der Waals surface area contributed by atoms with Crippen LogP contribution in [0.4, 0.5) is 0 Å². The van der Waals surface area contributed by atoms with Crippen LogP contribution in [0.1, 0.15) is 57.1 Å². The summed E-state index contributed by atoms with van der Waals surface area (Å²) in [7, 11) is -0.347. The minimum Gasteiger partial charge on any atom is -0.494 e. The van der Waals surface area contributed by atoms with E-state index in [2.05, 4.69) is 6.92 Å². The van der Waals surface area contributed by atoms with E-state index in [0.29, 0.717) is 6.61 Å². The molecule has 2 aliphatic heterocycles. The number of fused-ring (bicyclic) bond motifs is 1. The van der Waals surface area contributed by atoms with Gasteiger partial charge < -0.3 is 18.8 Å². The van der Waals surface area contributed by atoms with E-state index in [1.165, 1.54) is 19.3 Å². The fraction of sp³-hybridized carbons (Fsp3) is 0.500. The molecule has 2 aromatic rings. The summed E-state index contributed by atoms with van der Waals surface area (Å²) >= 11 is 6.00. The van der Waals surface area contributed by atoms with Crippen LogP contribution in [0.25, 0.3) is 0 Å². The predicted octanol–water partition coefficient (Wildman–Crippen LogP) is 5.33. The molecule has 2 fully saturated rings. The lowest BCUT2D eigenvalue weighted by Gasteiger charge is -2.41. The van der Waals surface area contributed by atoms with Crippen molar-refractivity contribution < 1.29 is 18.8 Å². The normalized spacial score (nSPS) is 23.8. The quantitative estimate of drug-likeness (QED) is 0.420. The fourth-order valence-electron chi connectivity index (χ4n) is 4.09. The van der Waals surface area contributed by atoms with Gasteiger partial charge in [0.1, 0.15) is 11.9 Å². The van der Waals surface area contributed by atoms with Crippen LogP contribution in [0.15, 0.2) is 48.5 Å². The highest BCUT2D eigenvalue weighted by molar-refractivity contribution is 6.61. The van der Waals surface area contributed by atoms with E-state index in [0.717, 1.165) is 47.7 Å². The average molecular weight is 429 g/mol. The van der Waals surface area contributed by atoms with Crippen LogP contribution in [0.3, 0.4) is 0 Å². The second-order valence-corrected chi connectivity index (χ2v) is 8.55. The second kappa shape index (κ2) is 10.7. The van der Waals surface area contributed by atoms with E-state index in [9.17, 15) is 0 Å². The molecule has 30 heavy (non-hydrogen) atoms. The van der Waals surface area contributed by atoms with Gasteiger partial charge >= 0.3 is 7.12 Å². The zero-order chi connectivity index (χ0) is 20.8. The molecular weight excluding hydrogens is 399 g/mol.